The molecular formula is C37H53F5N6O11. The molecule has 59 heavy (non-hydrogen) atoms. The number of esters is 1. The number of carbonyl (C=O) groups excluding carboxylic acids is 2. The number of hydrogen-bond acceptors (Lipinski definition) is 15. The van der Waals surface area contributed by atoms with Crippen molar-refractivity contribution in [3.63, 3.8) is 0 Å². The molecule has 22 heteroatoms. The molecule has 7 N–H and O–H groups in total. The summed E-state index contributed by atoms with van der Waals surface area (Å²) in [6, 6.07) is 5.79. The number of nitrogens with two attached hydrogens (primary N) is 1. The summed E-state index contributed by atoms with van der Waals surface area (Å²) in [6.45, 7) is 3.48. The van der Waals surface area contributed by atoms with Crippen molar-refractivity contribution in [3.05, 3.63) is 53.4 Å². The Bertz CT molecular complexity index is 1540. The van der Waals surface area contributed by atoms with E-state index in [9.17, 15) is 36.6 Å². The zero-order valence-electron chi connectivity index (χ0n) is 32.5. The SMILES string of the molecule is N/N=C(\C=NCCOCCOCCOCCOCCC(=O)Oc1c(F)c(F)c(F)c(F)c1F)CCCCNC(=O)Nc1ccc(O)cc1.ON(O)CCC1CCCCO1. The molecule has 1 saturated heterocycles. The first-order valence-electron chi connectivity index (χ1n) is 18.8. The number of hydroxylamine groups is 2. The van der Waals surface area contributed by atoms with Crippen molar-refractivity contribution in [1.82, 2.24) is 10.5 Å². The van der Waals surface area contributed by atoms with Crippen molar-refractivity contribution in [2.75, 3.05) is 84.4 Å². The molecule has 2 amide bonds. The average Bonchev–Trinajstić information content (AvgIpc) is 3.23. The molecule has 2 aromatic carbocycles. The number of phenolic OH excluding ortho intramolecular Hbond substituents is 1. The second kappa shape index (κ2) is 30.5. The monoisotopic (exact) mass is 852 g/mol. The lowest BCUT2D eigenvalue weighted by Gasteiger charge is -2.22. The van der Waals surface area contributed by atoms with Crippen molar-refractivity contribution in [2.45, 2.75) is 57.5 Å². The molecule has 1 fully saturated rings. The maximum Gasteiger partial charge on any atom is 0.319 e. The van der Waals surface area contributed by atoms with Gasteiger partial charge in [-0.15, -0.1) is 0 Å². The van der Waals surface area contributed by atoms with Crippen LogP contribution in [0.4, 0.5) is 32.4 Å². The third-order valence-electron chi connectivity index (χ3n) is 7.92. The molecule has 17 nitrogen and oxygen atoms in total. The summed E-state index contributed by atoms with van der Waals surface area (Å²) >= 11 is 0. The fraction of sp³-hybridized carbons (Fsp3) is 0.568. The van der Waals surface area contributed by atoms with Crippen LogP contribution in [0.3, 0.4) is 0 Å². The molecule has 1 atom stereocenters. The van der Waals surface area contributed by atoms with Gasteiger partial charge >= 0.3 is 12.0 Å². The van der Waals surface area contributed by atoms with Crippen LogP contribution < -0.4 is 21.2 Å². The Kier molecular flexibility index (Phi) is 26.1. The summed E-state index contributed by atoms with van der Waals surface area (Å²) in [5, 5.41) is 35.4. The number of carbonyl (C=O) groups is 2. The minimum atomic E-state index is -2.36. The number of benzene rings is 2. The molecule has 0 aromatic heterocycles. The van der Waals surface area contributed by atoms with Gasteiger partial charge in [-0.2, -0.15) is 13.9 Å². The number of hydrogen-bond donors (Lipinski definition) is 6. The molecule has 0 radical (unpaired) electrons. The highest BCUT2D eigenvalue weighted by Gasteiger charge is 2.28. The second-order valence-corrected chi connectivity index (χ2v) is 12.5. The number of anilines is 1. The van der Waals surface area contributed by atoms with Crippen LogP contribution in [0, 0.1) is 29.1 Å². The maximum absolute atomic E-state index is 13.5. The molecule has 1 heterocycles. The molecule has 1 aliphatic heterocycles. The van der Waals surface area contributed by atoms with Gasteiger partial charge in [0.2, 0.25) is 34.8 Å². The van der Waals surface area contributed by atoms with E-state index in [1.165, 1.54) is 18.6 Å². The quantitative estimate of drug-likeness (QED) is 0.00712. The van der Waals surface area contributed by atoms with Gasteiger partial charge in [0, 0.05) is 25.1 Å². The Hall–Kier alpha value is -4.55. The molecular weight excluding hydrogens is 799 g/mol. The minimum Gasteiger partial charge on any atom is -0.508 e. The Labute approximate surface area is 338 Å². The highest BCUT2D eigenvalue weighted by atomic mass is 19.2. The largest absolute Gasteiger partial charge is 0.508 e. The third-order valence-corrected chi connectivity index (χ3v) is 7.92. The van der Waals surface area contributed by atoms with Gasteiger partial charge in [-0.05, 0) is 69.2 Å². The van der Waals surface area contributed by atoms with Crippen LogP contribution in [-0.4, -0.2) is 130 Å². The van der Waals surface area contributed by atoms with Gasteiger partial charge in [0.25, 0.3) is 0 Å². The van der Waals surface area contributed by atoms with Gasteiger partial charge in [-0.3, -0.25) is 20.2 Å². The summed E-state index contributed by atoms with van der Waals surface area (Å²) in [5.41, 5.74) is 1.18. The Morgan fingerprint density at radius 3 is 2.00 bits per heavy atom. The first-order valence-corrected chi connectivity index (χ1v) is 18.8. The van der Waals surface area contributed by atoms with Crippen LogP contribution in [0.25, 0.3) is 0 Å². The zero-order chi connectivity index (χ0) is 43.3. The fourth-order valence-electron chi connectivity index (χ4n) is 4.85. The molecule has 0 aliphatic carbocycles. The lowest BCUT2D eigenvalue weighted by molar-refractivity contribution is -0.309. The highest BCUT2D eigenvalue weighted by Crippen LogP contribution is 2.29. The standard InChI is InChI=1S/C30H38F5N5O8.C7H15NO3/c31-24-25(32)27(34)29(28(35)26(24)33)48-23(42)8-11-44-13-15-46-17-18-47-16-14-45-12-10-37-19-21(40-36)3-1-2-9-38-30(43)39-20-4-6-22(41)7-5-20;9-8(10)5-4-7-3-1-2-6-11-7/h4-7,19,41H,1-3,8-18,36H2,(H2,38,39,43);7,9-10H,1-6H2/b37-19?,40-21-;. The number of halogens is 5. The number of nitrogens with zero attached hydrogens (tertiary/aromatic N) is 3. The van der Waals surface area contributed by atoms with Gasteiger partial charge < -0.3 is 50.0 Å². The Morgan fingerprint density at radius 2 is 1.42 bits per heavy atom. The molecule has 332 valence electrons. The predicted octanol–water partition coefficient (Wildman–Crippen LogP) is 4.85. The summed E-state index contributed by atoms with van der Waals surface area (Å²) in [6.07, 6.45) is 7.43. The number of unbranched alkanes of at least 4 members (excludes halogenated alkanes) is 1. The number of phenols is 1. The minimum absolute atomic E-state index is 0.0644. The van der Waals surface area contributed by atoms with Crippen molar-refractivity contribution < 1.29 is 75.5 Å². The van der Waals surface area contributed by atoms with E-state index in [-0.39, 0.29) is 62.7 Å². The van der Waals surface area contributed by atoms with Crippen LogP contribution in [0.1, 0.15) is 51.4 Å². The Balaban J connectivity index is 0.000000937. The first-order chi connectivity index (χ1) is 28.4. The molecule has 1 unspecified atom stereocenters. The van der Waals surface area contributed by atoms with Gasteiger partial charge in [0.1, 0.15) is 5.75 Å². The normalized spacial score (nSPS) is 14.3. The number of aliphatic imine (C=N–C) groups is 1. The van der Waals surface area contributed by atoms with E-state index in [0.717, 1.165) is 25.9 Å². The van der Waals surface area contributed by atoms with Gasteiger partial charge in [0.05, 0.1) is 84.2 Å². The number of ether oxygens (including phenoxy) is 6. The van der Waals surface area contributed by atoms with E-state index in [2.05, 4.69) is 25.5 Å². The van der Waals surface area contributed by atoms with Crippen molar-refractivity contribution >= 4 is 29.6 Å². The van der Waals surface area contributed by atoms with Crippen LogP contribution >= 0.6 is 0 Å². The molecule has 0 bridgehead atoms. The Morgan fingerprint density at radius 1 is 0.831 bits per heavy atom. The van der Waals surface area contributed by atoms with E-state index >= 15 is 0 Å². The summed E-state index contributed by atoms with van der Waals surface area (Å²) < 4.78 is 97.2. The van der Waals surface area contributed by atoms with Crippen molar-refractivity contribution in [2.24, 2.45) is 15.9 Å². The topological polar surface area (TPSA) is 228 Å². The number of rotatable bonds is 26. The number of urea groups is 1. The number of hydrazone groups is 1. The number of aromatic hydroxyl groups is 1. The second-order valence-electron chi connectivity index (χ2n) is 12.5. The lowest BCUT2D eigenvalue weighted by Crippen LogP contribution is -2.29. The molecule has 0 spiro atoms. The van der Waals surface area contributed by atoms with Crippen molar-refractivity contribution in [1.29, 1.82) is 0 Å². The molecule has 1 aliphatic rings. The first kappa shape index (κ1) is 50.6. The van der Waals surface area contributed by atoms with E-state index < -0.39 is 47.2 Å². The van der Waals surface area contributed by atoms with Gasteiger partial charge in [0.15, 0.2) is 0 Å². The molecule has 3 rings (SSSR count). The van der Waals surface area contributed by atoms with Gasteiger partial charge in [-0.1, -0.05) is 5.23 Å². The number of nitrogens with one attached hydrogen (secondary N) is 2. The molecule has 2 aromatic rings. The lowest BCUT2D eigenvalue weighted by atomic mass is 10.1. The van der Waals surface area contributed by atoms with Crippen LogP contribution in [0.5, 0.6) is 11.5 Å². The van der Waals surface area contributed by atoms with E-state index in [0.29, 0.717) is 63.6 Å². The van der Waals surface area contributed by atoms with Gasteiger partial charge in [-0.25, -0.2) is 18.0 Å². The summed E-state index contributed by atoms with van der Waals surface area (Å²) in [5.74, 6) is -8.67. The smallest absolute Gasteiger partial charge is 0.319 e. The summed E-state index contributed by atoms with van der Waals surface area (Å²) in [4.78, 5) is 27.8. The maximum atomic E-state index is 13.5. The third kappa shape index (κ3) is 22.4. The fourth-order valence-corrected chi connectivity index (χ4v) is 4.85. The van der Waals surface area contributed by atoms with Crippen LogP contribution in [-0.2, 0) is 28.5 Å². The van der Waals surface area contributed by atoms with E-state index in [1.807, 2.05) is 0 Å². The van der Waals surface area contributed by atoms with Crippen LogP contribution in [0.15, 0.2) is 34.4 Å². The molecule has 0 saturated carbocycles. The van der Waals surface area contributed by atoms with Crippen LogP contribution in [0.2, 0.25) is 0 Å². The number of amides is 2. The van der Waals surface area contributed by atoms with Crippen molar-refractivity contribution in [3.8, 4) is 11.5 Å². The zero-order valence-corrected chi connectivity index (χ0v) is 32.5. The highest BCUT2D eigenvalue weighted by molar-refractivity contribution is 6.30. The predicted molar refractivity (Wildman–Crippen MR) is 202 cm³/mol. The average molecular weight is 853 g/mol. The van der Waals surface area contributed by atoms with E-state index in [1.54, 1.807) is 18.3 Å². The van der Waals surface area contributed by atoms with E-state index in [4.69, 9.17) is 39.9 Å². The summed E-state index contributed by atoms with van der Waals surface area (Å²) in [7, 11) is 0.